The van der Waals surface area contributed by atoms with Crippen molar-refractivity contribution in [2.75, 3.05) is 13.7 Å². The topological polar surface area (TPSA) is 90.6 Å². The predicted molar refractivity (Wildman–Crippen MR) is 122 cm³/mol. The summed E-state index contributed by atoms with van der Waals surface area (Å²) in [6.07, 6.45) is 0.778. The summed E-state index contributed by atoms with van der Waals surface area (Å²) in [6, 6.07) is 20.8. The van der Waals surface area contributed by atoms with Crippen molar-refractivity contribution in [3.8, 4) is 11.5 Å². The van der Waals surface area contributed by atoms with Crippen LogP contribution in [0.1, 0.15) is 22.3 Å². The number of rotatable bonds is 10. The Balaban J connectivity index is 1.49. The summed E-state index contributed by atoms with van der Waals surface area (Å²) in [7, 11) is -2.02. The number of nitrogens with one attached hydrogen (secondary N) is 1. The average molecular weight is 441 g/mol. The number of sulfonamides is 1. The molecule has 3 rings (SSSR count). The fraction of sp³-hybridized carbons (Fsp3) is 0.250. The zero-order valence-electron chi connectivity index (χ0n) is 17.8. The molecule has 3 aromatic rings. The van der Waals surface area contributed by atoms with Gasteiger partial charge in [-0.05, 0) is 60.8 Å². The van der Waals surface area contributed by atoms with Crippen LogP contribution in [-0.2, 0) is 29.6 Å². The van der Waals surface area contributed by atoms with Crippen LogP contribution in [0.25, 0.3) is 0 Å². The Hall–Kier alpha value is -2.87. The Morgan fingerprint density at radius 3 is 2.16 bits per heavy atom. The normalized spacial score (nSPS) is 11.3. The Bertz CT molecular complexity index is 1100. The SMILES string of the molecule is COc1cc(CNCCc2ccc(S(N)(=O)=O)cc2)ccc1OCc1ccc(C)cc1. The Labute approximate surface area is 184 Å². The summed E-state index contributed by atoms with van der Waals surface area (Å²) in [4.78, 5) is 0.126. The summed E-state index contributed by atoms with van der Waals surface area (Å²) in [6.45, 7) is 3.98. The van der Waals surface area contributed by atoms with E-state index < -0.39 is 10.0 Å². The maximum atomic E-state index is 11.3. The van der Waals surface area contributed by atoms with Crippen LogP contribution >= 0.6 is 0 Å². The van der Waals surface area contributed by atoms with Crippen molar-refractivity contribution in [3.05, 3.63) is 89.0 Å². The van der Waals surface area contributed by atoms with Crippen LogP contribution in [0.3, 0.4) is 0 Å². The van der Waals surface area contributed by atoms with Crippen molar-refractivity contribution >= 4 is 10.0 Å². The van der Waals surface area contributed by atoms with Crippen LogP contribution in [0, 0.1) is 6.92 Å². The molecular weight excluding hydrogens is 412 g/mol. The lowest BCUT2D eigenvalue weighted by Crippen LogP contribution is -2.17. The van der Waals surface area contributed by atoms with E-state index in [-0.39, 0.29) is 4.90 Å². The Morgan fingerprint density at radius 2 is 1.52 bits per heavy atom. The highest BCUT2D eigenvalue weighted by atomic mass is 32.2. The molecule has 0 aromatic heterocycles. The van der Waals surface area contributed by atoms with E-state index in [2.05, 4.69) is 36.5 Å². The maximum absolute atomic E-state index is 11.3. The predicted octanol–water partition coefficient (Wildman–Crippen LogP) is 3.56. The molecule has 0 aliphatic heterocycles. The summed E-state index contributed by atoms with van der Waals surface area (Å²) < 4.78 is 34.0. The molecule has 0 amide bonds. The van der Waals surface area contributed by atoms with E-state index in [9.17, 15) is 8.42 Å². The molecule has 31 heavy (non-hydrogen) atoms. The van der Waals surface area contributed by atoms with Crippen LogP contribution in [0.5, 0.6) is 11.5 Å². The van der Waals surface area contributed by atoms with Gasteiger partial charge in [-0.1, -0.05) is 48.0 Å². The number of nitrogens with two attached hydrogens (primary N) is 1. The van der Waals surface area contributed by atoms with Gasteiger partial charge in [-0.25, -0.2) is 13.6 Å². The molecule has 0 unspecified atom stereocenters. The first-order valence-corrected chi connectivity index (χ1v) is 11.6. The fourth-order valence-electron chi connectivity index (χ4n) is 3.10. The van der Waals surface area contributed by atoms with Crippen LogP contribution in [-0.4, -0.2) is 22.1 Å². The molecule has 0 heterocycles. The number of methoxy groups -OCH3 is 1. The minimum atomic E-state index is -3.65. The first kappa shape index (κ1) is 22.8. The van der Waals surface area contributed by atoms with Crippen LogP contribution in [0.2, 0.25) is 0 Å². The Kier molecular flexibility index (Phi) is 7.68. The van der Waals surface area contributed by atoms with Gasteiger partial charge in [0.25, 0.3) is 0 Å². The lowest BCUT2D eigenvalue weighted by atomic mass is 10.1. The summed E-state index contributed by atoms with van der Waals surface area (Å²) in [5, 5.41) is 8.51. The van der Waals surface area contributed by atoms with Crippen molar-refractivity contribution in [1.82, 2.24) is 5.32 Å². The molecule has 0 aliphatic carbocycles. The molecule has 3 N–H and O–H groups in total. The minimum Gasteiger partial charge on any atom is -0.493 e. The molecule has 0 saturated carbocycles. The third kappa shape index (κ3) is 6.82. The van der Waals surface area contributed by atoms with Gasteiger partial charge in [0.1, 0.15) is 6.61 Å². The molecule has 0 bridgehead atoms. The molecule has 0 fully saturated rings. The number of benzene rings is 3. The molecule has 6 nitrogen and oxygen atoms in total. The standard InChI is InChI=1S/C24H28N2O4S/c1-18-3-5-20(6-4-18)17-30-23-12-9-21(15-24(23)29-2)16-26-14-13-19-7-10-22(11-8-19)31(25,27)28/h3-12,15,26H,13-14,16-17H2,1-2H3,(H2,25,27,28). The van der Waals surface area contributed by atoms with Crippen molar-refractivity contribution in [2.45, 2.75) is 31.4 Å². The second kappa shape index (κ2) is 10.4. The van der Waals surface area contributed by atoms with Crippen molar-refractivity contribution in [3.63, 3.8) is 0 Å². The minimum absolute atomic E-state index is 0.126. The second-order valence-corrected chi connectivity index (χ2v) is 8.94. The van der Waals surface area contributed by atoms with E-state index in [1.165, 1.54) is 17.7 Å². The summed E-state index contributed by atoms with van der Waals surface area (Å²) >= 11 is 0. The van der Waals surface area contributed by atoms with Gasteiger partial charge in [-0.2, -0.15) is 0 Å². The smallest absolute Gasteiger partial charge is 0.238 e. The molecule has 7 heteroatoms. The summed E-state index contributed by atoms with van der Waals surface area (Å²) in [5.74, 6) is 1.41. The molecule has 0 radical (unpaired) electrons. The van der Waals surface area contributed by atoms with E-state index >= 15 is 0 Å². The first-order valence-electron chi connectivity index (χ1n) is 10.0. The fourth-order valence-corrected chi connectivity index (χ4v) is 3.61. The lowest BCUT2D eigenvalue weighted by Gasteiger charge is -2.13. The van der Waals surface area contributed by atoms with Gasteiger partial charge in [-0.3, -0.25) is 0 Å². The molecule has 164 valence electrons. The van der Waals surface area contributed by atoms with Gasteiger partial charge in [-0.15, -0.1) is 0 Å². The van der Waals surface area contributed by atoms with Crippen molar-refractivity contribution < 1.29 is 17.9 Å². The highest BCUT2D eigenvalue weighted by Crippen LogP contribution is 2.29. The first-order chi connectivity index (χ1) is 14.8. The van der Waals surface area contributed by atoms with Crippen LogP contribution < -0.4 is 19.9 Å². The molecular formula is C24H28N2O4S. The molecule has 0 spiro atoms. The third-order valence-electron chi connectivity index (χ3n) is 4.91. The highest BCUT2D eigenvalue weighted by Gasteiger charge is 2.08. The number of aryl methyl sites for hydroxylation is 1. The van der Waals surface area contributed by atoms with Gasteiger partial charge >= 0.3 is 0 Å². The number of hydrogen-bond donors (Lipinski definition) is 2. The van der Waals surface area contributed by atoms with Gasteiger partial charge in [0.15, 0.2) is 11.5 Å². The van der Waals surface area contributed by atoms with Gasteiger partial charge in [0.05, 0.1) is 12.0 Å². The molecule has 0 atom stereocenters. The lowest BCUT2D eigenvalue weighted by molar-refractivity contribution is 0.284. The Morgan fingerprint density at radius 1 is 0.871 bits per heavy atom. The number of primary sulfonamides is 1. The maximum Gasteiger partial charge on any atom is 0.238 e. The average Bonchev–Trinajstić information content (AvgIpc) is 2.76. The second-order valence-electron chi connectivity index (χ2n) is 7.38. The monoisotopic (exact) mass is 440 g/mol. The van der Waals surface area contributed by atoms with Crippen LogP contribution in [0.4, 0.5) is 0 Å². The zero-order valence-corrected chi connectivity index (χ0v) is 18.6. The van der Waals surface area contributed by atoms with E-state index in [4.69, 9.17) is 14.6 Å². The van der Waals surface area contributed by atoms with E-state index in [0.717, 1.165) is 29.7 Å². The van der Waals surface area contributed by atoms with E-state index in [1.54, 1.807) is 19.2 Å². The molecule has 0 aliphatic rings. The van der Waals surface area contributed by atoms with Crippen molar-refractivity contribution in [1.29, 1.82) is 0 Å². The molecule has 0 saturated heterocycles. The van der Waals surface area contributed by atoms with Gasteiger partial charge in [0, 0.05) is 6.54 Å². The van der Waals surface area contributed by atoms with E-state index in [1.807, 2.05) is 18.2 Å². The number of hydrogen-bond acceptors (Lipinski definition) is 5. The van der Waals surface area contributed by atoms with E-state index in [0.29, 0.717) is 24.7 Å². The highest BCUT2D eigenvalue weighted by molar-refractivity contribution is 7.89. The van der Waals surface area contributed by atoms with Gasteiger partial charge in [0.2, 0.25) is 10.0 Å². The third-order valence-corrected chi connectivity index (χ3v) is 5.84. The van der Waals surface area contributed by atoms with Crippen LogP contribution in [0.15, 0.2) is 71.6 Å². The van der Waals surface area contributed by atoms with Crippen molar-refractivity contribution in [2.24, 2.45) is 5.14 Å². The van der Waals surface area contributed by atoms with Gasteiger partial charge < -0.3 is 14.8 Å². The number of ether oxygens (including phenoxy) is 2. The quantitative estimate of drug-likeness (QED) is 0.471. The molecule has 3 aromatic carbocycles. The largest absolute Gasteiger partial charge is 0.493 e. The summed E-state index contributed by atoms with van der Waals surface area (Å²) in [5.41, 5.74) is 4.45. The zero-order chi connectivity index (χ0) is 22.3.